The molecule has 1 saturated carbocycles. The molecule has 0 bridgehead atoms. The second kappa shape index (κ2) is 1.79. The third kappa shape index (κ3) is 1.07. The van der Waals surface area contributed by atoms with Crippen LogP contribution in [-0.4, -0.2) is 11.0 Å². The predicted molar refractivity (Wildman–Crippen MR) is 37.4 cm³/mol. The summed E-state index contributed by atoms with van der Waals surface area (Å²) in [4.78, 5) is 3.10. The molecule has 0 saturated heterocycles. The van der Waals surface area contributed by atoms with Crippen LogP contribution in [0.4, 0.5) is 5.82 Å². The first-order valence-corrected chi connectivity index (χ1v) is 3.35. The Kier molecular flexibility index (Phi) is 0.979. The molecule has 2 nitrogen and oxygen atoms in total. The summed E-state index contributed by atoms with van der Waals surface area (Å²) < 4.78 is 0. The average Bonchev–Trinajstić information content (AvgIpc) is 2.46. The fourth-order valence-electron chi connectivity index (χ4n) is 0.868. The second-order valence-corrected chi connectivity index (χ2v) is 2.50. The number of hydrogen-bond acceptors (Lipinski definition) is 1. The van der Waals surface area contributed by atoms with Crippen molar-refractivity contribution < 1.29 is 0 Å². The lowest BCUT2D eigenvalue weighted by atomic mass is 10.6. The molecule has 0 radical (unpaired) electrons. The molecule has 0 aliphatic heterocycles. The van der Waals surface area contributed by atoms with Gasteiger partial charge in [0.1, 0.15) is 5.82 Å². The van der Waals surface area contributed by atoms with Gasteiger partial charge < -0.3 is 10.3 Å². The lowest BCUT2D eigenvalue weighted by Gasteiger charge is -1.97. The van der Waals surface area contributed by atoms with Gasteiger partial charge in [-0.2, -0.15) is 0 Å². The molecule has 9 heavy (non-hydrogen) atoms. The van der Waals surface area contributed by atoms with Crippen molar-refractivity contribution in [3.05, 3.63) is 18.3 Å². The molecule has 0 atom stereocenters. The van der Waals surface area contributed by atoms with Crippen LogP contribution in [0.3, 0.4) is 0 Å². The summed E-state index contributed by atoms with van der Waals surface area (Å²) in [6, 6.07) is 4.81. The highest BCUT2D eigenvalue weighted by molar-refractivity contribution is 5.36. The number of aromatic amines is 1. The van der Waals surface area contributed by atoms with Gasteiger partial charge >= 0.3 is 0 Å². The van der Waals surface area contributed by atoms with E-state index in [1.807, 2.05) is 12.3 Å². The van der Waals surface area contributed by atoms with E-state index in [4.69, 9.17) is 0 Å². The Morgan fingerprint density at radius 1 is 1.56 bits per heavy atom. The van der Waals surface area contributed by atoms with Crippen molar-refractivity contribution in [2.24, 2.45) is 0 Å². The molecular formula is C7H10N2. The highest BCUT2D eigenvalue weighted by Crippen LogP contribution is 2.23. The van der Waals surface area contributed by atoms with E-state index in [1.165, 1.54) is 12.8 Å². The summed E-state index contributed by atoms with van der Waals surface area (Å²) in [5.41, 5.74) is 0. The normalized spacial score (nSPS) is 17.8. The summed E-state index contributed by atoms with van der Waals surface area (Å²) in [5.74, 6) is 1.15. The minimum Gasteiger partial charge on any atom is -0.369 e. The van der Waals surface area contributed by atoms with Gasteiger partial charge in [-0.05, 0) is 25.0 Å². The van der Waals surface area contributed by atoms with Gasteiger partial charge in [0.2, 0.25) is 0 Å². The third-order valence-corrected chi connectivity index (χ3v) is 1.53. The second-order valence-electron chi connectivity index (χ2n) is 2.50. The van der Waals surface area contributed by atoms with Crippen molar-refractivity contribution in [3.8, 4) is 0 Å². The summed E-state index contributed by atoms with van der Waals surface area (Å²) in [5, 5.41) is 3.34. The summed E-state index contributed by atoms with van der Waals surface area (Å²) in [6.07, 6.45) is 4.60. The summed E-state index contributed by atoms with van der Waals surface area (Å²) in [6.45, 7) is 0. The van der Waals surface area contributed by atoms with Gasteiger partial charge in [0.15, 0.2) is 0 Å². The molecule has 0 amide bonds. The Morgan fingerprint density at radius 2 is 2.44 bits per heavy atom. The van der Waals surface area contributed by atoms with E-state index in [-0.39, 0.29) is 0 Å². The van der Waals surface area contributed by atoms with Crippen LogP contribution in [0.15, 0.2) is 18.3 Å². The Morgan fingerprint density at radius 3 is 3.00 bits per heavy atom. The molecule has 0 aromatic carbocycles. The topological polar surface area (TPSA) is 27.8 Å². The zero-order chi connectivity index (χ0) is 6.10. The van der Waals surface area contributed by atoms with Crippen LogP contribution >= 0.6 is 0 Å². The van der Waals surface area contributed by atoms with Gasteiger partial charge in [0.05, 0.1) is 0 Å². The Hall–Kier alpha value is -0.920. The molecule has 2 rings (SSSR count). The van der Waals surface area contributed by atoms with Gasteiger partial charge in [0, 0.05) is 12.2 Å². The van der Waals surface area contributed by atoms with E-state index < -0.39 is 0 Å². The molecular weight excluding hydrogens is 112 g/mol. The molecule has 1 aliphatic rings. The number of rotatable bonds is 2. The minimum atomic E-state index is 0.753. The monoisotopic (exact) mass is 122 g/mol. The molecule has 1 aromatic rings. The Bertz CT molecular complexity index is 175. The molecule has 1 heterocycles. The third-order valence-electron chi connectivity index (χ3n) is 1.53. The lowest BCUT2D eigenvalue weighted by Crippen LogP contribution is -1.99. The van der Waals surface area contributed by atoms with Crippen LogP contribution in [0, 0.1) is 0 Å². The lowest BCUT2D eigenvalue weighted by molar-refractivity contribution is 1.13. The van der Waals surface area contributed by atoms with Crippen LogP contribution in [-0.2, 0) is 0 Å². The van der Waals surface area contributed by atoms with Crippen LogP contribution in [0.1, 0.15) is 12.8 Å². The number of aromatic nitrogens is 1. The average molecular weight is 122 g/mol. The highest BCUT2D eigenvalue weighted by Gasteiger charge is 2.20. The first-order chi connectivity index (χ1) is 4.45. The van der Waals surface area contributed by atoms with E-state index in [0.29, 0.717) is 0 Å². The number of H-pyrrole nitrogens is 1. The SMILES string of the molecule is c1c[nH]c(NC2CC2)c1. The maximum absolute atomic E-state index is 3.34. The van der Waals surface area contributed by atoms with E-state index >= 15 is 0 Å². The molecule has 1 aromatic heterocycles. The van der Waals surface area contributed by atoms with E-state index in [0.717, 1.165) is 11.9 Å². The quantitative estimate of drug-likeness (QED) is 0.612. The van der Waals surface area contributed by atoms with Crippen molar-refractivity contribution in [3.63, 3.8) is 0 Å². The molecule has 2 heteroatoms. The first-order valence-electron chi connectivity index (χ1n) is 3.35. The van der Waals surface area contributed by atoms with Crippen LogP contribution in [0.2, 0.25) is 0 Å². The zero-order valence-electron chi connectivity index (χ0n) is 5.22. The first kappa shape index (κ1) is 4.91. The van der Waals surface area contributed by atoms with Gasteiger partial charge in [-0.3, -0.25) is 0 Å². The number of nitrogens with one attached hydrogen (secondary N) is 2. The Labute approximate surface area is 54.3 Å². The van der Waals surface area contributed by atoms with Crippen LogP contribution < -0.4 is 5.32 Å². The Balaban J connectivity index is 1.99. The summed E-state index contributed by atoms with van der Waals surface area (Å²) in [7, 11) is 0. The standard InChI is InChI=1S/C7H10N2/c1-2-7(8-5-1)9-6-3-4-6/h1-2,5-6,8-9H,3-4H2. The zero-order valence-corrected chi connectivity index (χ0v) is 5.22. The number of anilines is 1. The fourth-order valence-corrected chi connectivity index (χ4v) is 0.868. The van der Waals surface area contributed by atoms with Crippen molar-refractivity contribution in [1.29, 1.82) is 0 Å². The molecule has 1 aliphatic carbocycles. The predicted octanol–water partition coefficient (Wildman–Crippen LogP) is 1.59. The van der Waals surface area contributed by atoms with E-state index in [1.54, 1.807) is 0 Å². The van der Waals surface area contributed by atoms with Gasteiger partial charge in [-0.15, -0.1) is 0 Å². The van der Waals surface area contributed by atoms with Crippen molar-refractivity contribution in [2.45, 2.75) is 18.9 Å². The van der Waals surface area contributed by atoms with Gasteiger partial charge in [-0.25, -0.2) is 0 Å². The molecule has 0 unspecified atom stereocenters. The van der Waals surface area contributed by atoms with Crippen molar-refractivity contribution >= 4 is 5.82 Å². The molecule has 1 fully saturated rings. The van der Waals surface area contributed by atoms with E-state index in [9.17, 15) is 0 Å². The fraction of sp³-hybridized carbons (Fsp3) is 0.429. The number of hydrogen-bond donors (Lipinski definition) is 2. The van der Waals surface area contributed by atoms with Crippen LogP contribution in [0.5, 0.6) is 0 Å². The smallest absolute Gasteiger partial charge is 0.103 e. The minimum absolute atomic E-state index is 0.753. The molecule has 48 valence electrons. The van der Waals surface area contributed by atoms with Gasteiger partial charge in [0.25, 0.3) is 0 Å². The molecule has 2 N–H and O–H groups in total. The van der Waals surface area contributed by atoms with Crippen molar-refractivity contribution in [2.75, 3.05) is 5.32 Å². The maximum atomic E-state index is 3.34. The largest absolute Gasteiger partial charge is 0.369 e. The van der Waals surface area contributed by atoms with Crippen molar-refractivity contribution in [1.82, 2.24) is 4.98 Å². The van der Waals surface area contributed by atoms with Gasteiger partial charge in [-0.1, -0.05) is 0 Å². The van der Waals surface area contributed by atoms with E-state index in [2.05, 4.69) is 16.4 Å². The highest BCUT2D eigenvalue weighted by atomic mass is 15.0. The summed E-state index contributed by atoms with van der Waals surface area (Å²) >= 11 is 0. The van der Waals surface area contributed by atoms with Crippen LogP contribution in [0.25, 0.3) is 0 Å². The molecule has 0 spiro atoms. The maximum Gasteiger partial charge on any atom is 0.103 e.